The lowest BCUT2D eigenvalue weighted by Gasteiger charge is -2.34. The van der Waals surface area contributed by atoms with Gasteiger partial charge in [0.2, 0.25) is 0 Å². The average Bonchev–Trinajstić information content (AvgIpc) is 2.81. The van der Waals surface area contributed by atoms with Gasteiger partial charge in [0.15, 0.2) is 0 Å². The number of pyridine rings is 1. The number of hydrogen-bond acceptors (Lipinski definition) is 5. The van der Waals surface area contributed by atoms with Crippen molar-refractivity contribution >= 4 is 27.8 Å². The second-order valence-corrected chi connectivity index (χ2v) is 9.23. The van der Waals surface area contributed by atoms with Crippen molar-refractivity contribution < 1.29 is 23.1 Å². The predicted molar refractivity (Wildman–Crippen MR) is 122 cm³/mol. The highest BCUT2D eigenvalue weighted by atomic mass is 32.2. The molecule has 1 aromatic heterocycles. The largest absolute Gasteiger partial charge is 0.478 e. The van der Waals surface area contributed by atoms with E-state index in [1.807, 2.05) is 30.3 Å². The molecule has 0 saturated heterocycles. The summed E-state index contributed by atoms with van der Waals surface area (Å²) in [6.07, 6.45) is 1.83. The van der Waals surface area contributed by atoms with Crippen LogP contribution in [0.15, 0.2) is 66.9 Å². The first-order chi connectivity index (χ1) is 15.8. The van der Waals surface area contributed by atoms with Gasteiger partial charge in [-0.15, -0.1) is 0 Å². The van der Waals surface area contributed by atoms with Crippen molar-refractivity contribution in [2.24, 2.45) is 0 Å². The third-order valence-corrected chi connectivity index (χ3v) is 6.90. The molecule has 0 bridgehead atoms. The minimum atomic E-state index is -4.17. The van der Waals surface area contributed by atoms with Gasteiger partial charge in [-0.05, 0) is 35.2 Å². The number of anilines is 1. The number of rotatable bonds is 4. The van der Waals surface area contributed by atoms with E-state index in [1.54, 1.807) is 6.07 Å². The number of nitrogens with zero attached hydrogens (tertiary/aromatic N) is 3. The van der Waals surface area contributed by atoms with Gasteiger partial charge in [-0.25, -0.2) is 14.1 Å². The summed E-state index contributed by atoms with van der Waals surface area (Å²) in [6.45, 7) is -0.302. The molecule has 4 rings (SSSR count). The molecular formula is C24H19N3O5S. The summed E-state index contributed by atoms with van der Waals surface area (Å²) in [5, 5.41) is 9.19. The fourth-order valence-electron chi connectivity index (χ4n) is 3.40. The molecular weight excluding hydrogens is 442 g/mol. The van der Waals surface area contributed by atoms with Crippen molar-refractivity contribution in [3.05, 3.63) is 94.8 Å². The second-order valence-electron chi connectivity index (χ2n) is 7.34. The number of carbonyl (C=O) groups excluding carboxylic acids is 1. The molecule has 0 fully saturated rings. The van der Waals surface area contributed by atoms with E-state index in [0.29, 0.717) is 17.7 Å². The van der Waals surface area contributed by atoms with Crippen LogP contribution in [0, 0.1) is 11.8 Å². The first kappa shape index (κ1) is 22.0. The molecule has 0 aliphatic carbocycles. The van der Waals surface area contributed by atoms with E-state index >= 15 is 0 Å². The highest BCUT2D eigenvalue weighted by Gasteiger charge is 2.40. The van der Waals surface area contributed by atoms with E-state index < -0.39 is 22.1 Å². The molecule has 2 heterocycles. The molecule has 2 aromatic carbocycles. The average molecular weight is 461 g/mol. The Balaban J connectivity index is 1.65. The third-order valence-electron chi connectivity index (χ3n) is 5.16. The van der Waals surface area contributed by atoms with Crippen LogP contribution in [0.2, 0.25) is 0 Å². The number of amides is 1. The lowest BCUT2D eigenvalue weighted by atomic mass is 10.1. The summed E-state index contributed by atoms with van der Waals surface area (Å²) in [4.78, 5) is 28.6. The van der Waals surface area contributed by atoms with Gasteiger partial charge in [-0.1, -0.05) is 48.4 Å². The van der Waals surface area contributed by atoms with Crippen molar-refractivity contribution in [2.45, 2.75) is 13.0 Å². The van der Waals surface area contributed by atoms with Crippen molar-refractivity contribution in [1.82, 2.24) is 9.29 Å². The maximum absolute atomic E-state index is 13.2. The van der Waals surface area contributed by atoms with Crippen LogP contribution >= 0.6 is 0 Å². The monoisotopic (exact) mass is 461 g/mol. The molecule has 0 atom stereocenters. The van der Waals surface area contributed by atoms with Gasteiger partial charge in [-0.2, -0.15) is 8.42 Å². The first-order valence-electron chi connectivity index (χ1n) is 9.93. The standard InChI is InChI=1S/C24H19N3O5S/c1-26-22-15-25-20(12-6-9-17-7-3-2-4-8-17)14-21(22)23(28)27(33(26,31)32)16-18-10-5-11-19(13-18)24(29)30/h2-5,7-8,10-11,13-15H,9,16H2,1H3,(H,29,30). The summed E-state index contributed by atoms with van der Waals surface area (Å²) in [5.74, 6) is 4.06. The molecule has 3 aromatic rings. The topological polar surface area (TPSA) is 108 Å². The zero-order chi connectivity index (χ0) is 23.6. The zero-order valence-electron chi connectivity index (χ0n) is 17.6. The van der Waals surface area contributed by atoms with E-state index in [9.17, 15) is 23.1 Å². The second kappa shape index (κ2) is 8.76. The molecule has 0 spiro atoms. The van der Waals surface area contributed by atoms with Crippen LogP contribution in [-0.4, -0.2) is 41.7 Å². The Bertz CT molecular complexity index is 1410. The lowest BCUT2D eigenvalue weighted by molar-refractivity contribution is 0.0696. The number of aromatic nitrogens is 1. The van der Waals surface area contributed by atoms with Crippen LogP contribution in [0.1, 0.15) is 37.5 Å². The molecule has 33 heavy (non-hydrogen) atoms. The van der Waals surface area contributed by atoms with Crippen LogP contribution in [-0.2, 0) is 23.2 Å². The Morgan fingerprint density at radius 1 is 1.06 bits per heavy atom. The predicted octanol–water partition coefficient (Wildman–Crippen LogP) is 2.71. The van der Waals surface area contributed by atoms with E-state index in [2.05, 4.69) is 16.8 Å². The quantitative estimate of drug-likeness (QED) is 0.599. The van der Waals surface area contributed by atoms with Crippen molar-refractivity contribution in [1.29, 1.82) is 0 Å². The van der Waals surface area contributed by atoms with E-state index in [4.69, 9.17) is 0 Å². The molecule has 8 nitrogen and oxygen atoms in total. The zero-order valence-corrected chi connectivity index (χ0v) is 18.4. The fourth-order valence-corrected chi connectivity index (χ4v) is 4.71. The number of fused-ring (bicyclic) bond motifs is 1. The first-order valence-corrected chi connectivity index (χ1v) is 11.3. The van der Waals surface area contributed by atoms with Crippen molar-refractivity contribution in [3.8, 4) is 11.8 Å². The number of aromatic carboxylic acids is 1. The summed E-state index contributed by atoms with van der Waals surface area (Å²) < 4.78 is 27.7. The molecule has 1 amide bonds. The van der Waals surface area contributed by atoms with Gasteiger partial charge in [0.1, 0.15) is 5.69 Å². The summed E-state index contributed by atoms with van der Waals surface area (Å²) in [6, 6.07) is 16.9. The molecule has 1 aliphatic heterocycles. The lowest BCUT2D eigenvalue weighted by Crippen LogP contribution is -2.49. The summed E-state index contributed by atoms with van der Waals surface area (Å²) in [7, 11) is -2.83. The molecule has 9 heteroatoms. The van der Waals surface area contributed by atoms with E-state index in [-0.39, 0.29) is 23.4 Å². The number of hydrogen-bond donors (Lipinski definition) is 1. The van der Waals surface area contributed by atoms with E-state index in [0.717, 1.165) is 14.2 Å². The maximum atomic E-state index is 13.2. The molecule has 1 N–H and O–H groups in total. The van der Waals surface area contributed by atoms with Crippen LogP contribution < -0.4 is 4.31 Å². The van der Waals surface area contributed by atoms with Crippen LogP contribution in [0.3, 0.4) is 0 Å². The molecule has 0 unspecified atom stereocenters. The third kappa shape index (κ3) is 4.42. The smallest absolute Gasteiger partial charge is 0.335 e. The molecule has 0 saturated carbocycles. The van der Waals surface area contributed by atoms with Gasteiger partial charge < -0.3 is 5.11 Å². The number of benzene rings is 2. The van der Waals surface area contributed by atoms with Gasteiger partial charge >= 0.3 is 16.2 Å². The Kier molecular flexibility index (Phi) is 5.85. The molecule has 166 valence electrons. The van der Waals surface area contributed by atoms with Gasteiger partial charge in [0.05, 0.1) is 29.6 Å². The SMILES string of the molecule is CN1c2cnc(C#CCc3ccccc3)cc2C(=O)N(Cc2cccc(C(=O)O)c2)S1(=O)=O. The van der Waals surface area contributed by atoms with Gasteiger partial charge in [0.25, 0.3) is 5.91 Å². The molecule has 0 radical (unpaired) electrons. The number of carbonyl (C=O) groups is 2. The maximum Gasteiger partial charge on any atom is 0.335 e. The Labute approximate surface area is 191 Å². The molecule has 1 aliphatic rings. The normalized spacial score (nSPS) is 14.3. The number of carboxylic acids is 1. The van der Waals surface area contributed by atoms with Gasteiger partial charge in [0, 0.05) is 13.5 Å². The van der Waals surface area contributed by atoms with Crippen molar-refractivity contribution in [2.75, 3.05) is 11.4 Å². The summed E-state index contributed by atoms with van der Waals surface area (Å²) >= 11 is 0. The van der Waals surface area contributed by atoms with Crippen LogP contribution in [0.4, 0.5) is 5.69 Å². The van der Waals surface area contributed by atoms with Crippen molar-refractivity contribution in [3.63, 3.8) is 0 Å². The van der Waals surface area contributed by atoms with Crippen LogP contribution in [0.25, 0.3) is 0 Å². The number of carboxylic acid groups (broad SMARTS) is 1. The highest BCUT2D eigenvalue weighted by Crippen LogP contribution is 2.32. The Morgan fingerprint density at radius 3 is 2.52 bits per heavy atom. The minimum absolute atomic E-state index is 0.00304. The Morgan fingerprint density at radius 2 is 1.79 bits per heavy atom. The fraction of sp³-hybridized carbons (Fsp3) is 0.125. The summed E-state index contributed by atoms with van der Waals surface area (Å²) in [5.41, 5.74) is 2.08. The van der Waals surface area contributed by atoms with E-state index in [1.165, 1.54) is 37.5 Å². The highest BCUT2D eigenvalue weighted by molar-refractivity contribution is 7.91. The van der Waals surface area contributed by atoms with Gasteiger partial charge in [-0.3, -0.25) is 9.10 Å². The Hall–Kier alpha value is -4.16. The van der Waals surface area contributed by atoms with Crippen LogP contribution in [0.5, 0.6) is 0 Å². The minimum Gasteiger partial charge on any atom is -0.478 e.